The minimum absolute atomic E-state index is 0.146. The fourth-order valence-electron chi connectivity index (χ4n) is 1.40. The molecule has 1 aromatic carbocycles. The second-order valence-electron chi connectivity index (χ2n) is 3.72. The van der Waals surface area contributed by atoms with E-state index in [1.54, 1.807) is 45.3 Å². The molecule has 0 radical (unpaired) electrons. The van der Waals surface area contributed by atoms with Gasteiger partial charge in [0, 0.05) is 12.7 Å². The third-order valence-electron chi connectivity index (χ3n) is 2.45. The van der Waals surface area contributed by atoms with E-state index in [2.05, 4.69) is 5.32 Å². The zero-order valence-electron chi connectivity index (χ0n) is 11.3. The Kier molecular flexibility index (Phi) is 5.66. The molecule has 1 aromatic rings. The number of carbonyl (C=O) groups excluding carboxylic acids is 2. The van der Waals surface area contributed by atoms with E-state index in [1.807, 2.05) is 0 Å². The molecule has 0 aliphatic heterocycles. The lowest BCUT2D eigenvalue weighted by Gasteiger charge is -2.18. The number of nitrogens with one attached hydrogen (secondary N) is 1. The van der Waals surface area contributed by atoms with Crippen LogP contribution < -0.4 is 15.0 Å². The zero-order chi connectivity index (χ0) is 14.3. The quantitative estimate of drug-likeness (QED) is 0.818. The van der Waals surface area contributed by atoms with Crippen molar-refractivity contribution in [3.8, 4) is 5.75 Å². The average molecular weight is 266 g/mol. The van der Waals surface area contributed by atoms with E-state index in [4.69, 9.17) is 9.47 Å². The predicted octanol–water partition coefficient (Wildman–Crippen LogP) is 1.40. The summed E-state index contributed by atoms with van der Waals surface area (Å²) in [6, 6.07) is 6.64. The Hall–Kier alpha value is -2.24. The summed E-state index contributed by atoms with van der Waals surface area (Å²) in [5.74, 6) is 0.253. The summed E-state index contributed by atoms with van der Waals surface area (Å²) in [7, 11) is 3.19. The molecular formula is C13H18N2O4. The van der Waals surface area contributed by atoms with E-state index in [1.165, 1.54) is 4.90 Å². The number of amides is 2. The van der Waals surface area contributed by atoms with E-state index in [9.17, 15) is 9.59 Å². The number of benzene rings is 1. The van der Waals surface area contributed by atoms with Crippen LogP contribution in [0.5, 0.6) is 5.75 Å². The highest BCUT2D eigenvalue weighted by Crippen LogP contribution is 2.17. The third kappa shape index (κ3) is 4.50. The normalized spacial score (nSPS) is 9.63. The molecule has 1 N–H and O–H groups in total. The van der Waals surface area contributed by atoms with Crippen molar-refractivity contribution in [1.82, 2.24) is 5.32 Å². The van der Waals surface area contributed by atoms with Crippen LogP contribution in [-0.2, 0) is 9.53 Å². The van der Waals surface area contributed by atoms with Crippen molar-refractivity contribution in [2.45, 2.75) is 6.92 Å². The van der Waals surface area contributed by atoms with Gasteiger partial charge in [0.05, 0.1) is 13.7 Å². The highest BCUT2D eigenvalue weighted by Gasteiger charge is 2.12. The molecule has 0 saturated carbocycles. The van der Waals surface area contributed by atoms with Gasteiger partial charge in [-0.05, 0) is 31.2 Å². The fraction of sp³-hybridized carbons (Fsp3) is 0.385. The first-order valence-electron chi connectivity index (χ1n) is 5.89. The second-order valence-corrected chi connectivity index (χ2v) is 3.72. The van der Waals surface area contributed by atoms with Crippen LogP contribution in [0.3, 0.4) is 0 Å². The molecule has 0 atom stereocenters. The summed E-state index contributed by atoms with van der Waals surface area (Å²) in [5, 5.41) is 2.48. The van der Waals surface area contributed by atoms with Crippen LogP contribution in [0.2, 0.25) is 0 Å². The van der Waals surface area contributed by atoms with Gasteiger partial charge in [-0.3, -0.25) is 9.69 Å². The topological polar surface area (TPSA) is 67.9 Å². The summed E-state index contributed by atoms with van der Waals surface area (Å²) in [5.41, 5.74) is 0.696. The Balaban J connectivity index is 2.53. The van der Waals surface area contributed by atoms with Crippen LogP contribution in [0.15, 0.2) is 24.3 Å². The van der Waals surface area contributed by atoms with Crippen LogP contribution in [0.25, 0.3) is 0 Å². The summed E-state index contributed by atoms with van der Waals surface area (Å²) < 4.78 is 9.75. The molecule has 19 heavy (non-hydrogen) atoms. The van der Waals surface area contributed by atoms with E-state index in [-0.39, 0.29) is 12.6 Å². The van der Waals surface area contributed by atoms with E-state index in [0.717, 1.165) is 0 Å². The van der Waals surface area contributed by atoms with Crippen LogP contribution in [0, 0.1) is 0 Å². The Morgan fingerprint density at radius 2 is 1.89 bits per heavy atom. The number of urea groups is 1. The Labute approximate surface area is 112 Å². The largest absolute Gasteiger partial charge is 0.497 e. The summed E-state index contributed by atoms with van der Waals surface area (Å²) in [4.78, 5) is 24.3. The molecule has 0 saturated heterocycles. The number of esters is 1. The van der Waals surface area contributed by atoms with Crippen LogP contribution in [0.4, 0.5) is 10.5 Å². The Morgan fingerprint density at radius 1 is 1.26 bits per heavy atom. The number of ether oxygens (including phenoxy) is 2. The standard InChI is InChI=1S/C13H18N2O4/c1-4-19-12(16)9-14-13(17)15(2)10-5-7-11(18-3)8-6-10/h5-8H,4,9H2,1-3H3,(H,14,17). The van der Waals surface area contributed by atoms with Gasteiger partial charge >= 0.3 is 12.0 Å². The Morgan fingerprint density at radius 3 is 2.42 bits per heavy atom. The molecule has 104 valence electrons. The van der Waals surface area contributed by atoms with Gasteiger partial charge in [-0.1, -0.05) is 0 Å². The maximum absolute atomic E-state index is 11.8. The number of nitrogens with zero attached hydrogens (tertiary/aromatic N) is 1. The van der Waals surface area contributed by atoms with Crippen molar-refractivity contribution in [1.29, 1.82) is 0 Å². The van der Waals surface area contributed by atoms with E-state index < -0.39 is 5.97 Å². The maximum atomic E-state index is 11.8. The molecule has 6 heteroatoms. The molecule has 0 fully saturated rings. The van der Waals surface area contributed by atoms with Gasteiger partial charge in [0.1, 0.15) is 12.3 Å². The summed E-state index contributed by atoms with van der Waals surface area (Å²) in [6.45, 7) is 1.86. The van der Waals surface area contributed by atoms with Crippen molar-refractivity contribution in [3.63, 3.8) is 0 Å². The average Bonchev–Trinajstić information content (AvgIpc) is 2.44. The number of anilines is 1. The van der Waals surface area contributed by atoms with Crippen molar-refractivity contribution >= 4 is 17.7 Å². The van der Waals surface area contributed by atoms with Crippen molar-refractivity contribution in [2.75, 3.05) is 32.2 Å². The summed E-state index contributed by atoms with van der Waals surface area (Å²) >= 11 is 0. The van der Waals surface area contributed by atoms with Gasteiger partial charge in [0.15, 0.2) is 0 Å². The van der Waals surface area contributed by atoms with Gasteiger partial charge < -0.3 is 14.8 Å². The van der Waals surface area contributed by atoms with Crippen LogP contribution in [-0.4, -0.2) is 39.3 Å². The SMILES string of the molecule is CCOC(=O)CNC(=O)N(C)c1ccc(OC)cc1. The first kappa shape index (κ1) is 14.8. The highest BCUT2D eigenvalue weighted by molar-refractivity contribution is 5.93. The van der Waals surface area contributed by atoms with Crippen LogP contribution >= 0.6 is 0 Å². The third-order valence-corrected chi connectivity index (χ3v) is 2.45. The molecule has 0 aromatic heterocycles. The number of hydrogen-bond donors (Lipinski definition) is 1. The first-order valence-corrected chi connectivity index (χ1v) is 5.89. The predicted molar refractivity (Wildman–Crippen MR) is 71.4 cm³/mol. The molecular weight excluding hydrogens is 248 g/mol. The zero-order valence-corrected chi connectivity index (χ0v) is 11.3. The molecule has 1 rings (SSSR count). The van der Waals surface area contributed by atoms with Crippen molar-refractivity contribution in [3.05, 3.63) is 24.3 Å². The molecule has 6 nitrogen and oxygen atoms in total. The first-order chi connectivity index (χ1) is 9.08. The monoisotopic (exact) mass is 266 g/mol. The van der Waals surface area contributed by atoms with Crippen molar-refractivity contribution < 1.29 is 19.1 Å². The number of hydrogen-bond acceptors (Lipinski definition) is 4. The molecule has 2 amide bonds. The molecule has 0 aliphatic rings. The van der Waals surface area contributed by atoms with Crippen molar-refractivity contribution in [2.24, 2.45) is 0 Å². The second kappa shape index (κ2) is 7.25. The minimum Gasteiger partial charge on any atom is -0.497 e. The molecule has 0 unspecified atom stereocenters. The summed E-state index contributed by atoms with van der Waals surface area (Å²) in [6.07, 6.45) is 0. The lowest BCUT2D eigenvalue weighted by atomic mass is 10.3. The van der Waals surface area contributed by atoms with Gasteiger partial charge in [0.2, 0.25) is 0 Å². The number of rotatable bonds is 5. The molecule has 0 aliphatic carbocycles. The lowest BCUT2D eigenvalue weighted by Crippen LogP contribution is -2.40. The van der Waals surface area contributed by atoms with Gasteiger partial charge in [-0.15, -0.1) is 0 Å². The number of carbonyl (C=O) groups is 2. The highest BCUT2D eigenvalue weighted by atomic mass is 16.5. The lowest BCUT2D eigenvalue weighted by molar-refractivity contribution is -0.141. The van der Waals surface area contributed by atoms with E-state index in [0.29, 0.717) is 18.0 Å². The number of methoxy groups -OCH3 is 1. The Bertz CT molecular complexity index is 431. The van der Waals surface area contributed by atoms with Gasteiger partial charge in [-0.25, -0.2) is 4.79 Å². The van der Waals surface area contributed by atoms with Gasteiger partial charge in [0.25, 0.3) is 0 Å². The van der Waals surface area contributed by atoms with Crippen LogP contribution in [0.1, 0.15) is 6.92 Å². The fourth-order valence-corrected chi connectivity index (χ4v) is 1.40. The smallest absolute Gasteiger partial charge is 0.325 e. The molecule has 0 bridgehead atoms. The molecule has 0 heterocycles. The minimum atomic E-state index is -0.459. The van der Waals surface area contributed by atoms with E-state index >= 15 is 0 Å². The van der Waals surface area contributed by atoms with Gasteiger partial charge in [-0.2, -0.15) is 0 Å². The maximum Gasteiger partial charge on any atom is 0.325 e. The molecule has 0 spiro atoms.